The zero-order chi connectivity index (χ0) is 25.5. The van der Waals surface area contributed by atoms with E-state index >= 15 is 0 Å². The number of amides is 3. The zero-order valence-corrected chi connectivity index (χ0v) is 21.5. The predicted octanol–water partition coefficient (Wildman–Crippen LogP) is 1.84. The van der Waals surface area contributed by atoms with Crippen molar-refractivity contribution in [3.05, 3.63) is 41.4 Å². The van der Waals surface area contributed by atoms with E-state index in [0.717, 1.165) is 11.8 Å². The SMILES string of the molecule is C[C@@H](C(=O)N1CCCC1C(=O)N(C)C)N1CC[C@H](NS(=O)(=O)c2ccc3cc(Cl)ccc3c2)C1=O. The van der Waals surface area contributed by atoms with E-state index in [1.165, 1.54) is 21.9 Å². The smallest absolute Gasteiger partial charge is 0.245 e. The Morgan fingerprint density at radius 1 is 1.09 bits per heavy atom. The zero-order valence-electron chi connectivity index (χ0n) is 19.9. The Hall–Kier alpha value is -2.69. The summed E-state index contributed by atoms with van der Waals surface area (Å²) < 4.78 is 28.5. The van der Waals surface area contributed by atoms with E-state index in [-0.39, 0.29) is 29.7 Å². The van der Waals surface area contributed by atoms with E-state index in [1.807, 2.05) is 0 Å². The molecule has 2 heterocycles. The predicted molar refractivity (Wildman–Crippen MR) is 132 cm³/mol. The number of rotatable bonds is 6. The van der Waals surface area contributed by atoms with Gasteiger partial charge >= 0.3 is 0 Å². The number of hydrogen-bond donors (Lipinski definition) is 1. The van der Waals surface area contributed by atoms with Gasteiger partial charge in [-0.2, -0.15) is 4.72 Å². The summed E-state index contributed by atoms with van der Waals surface area (Å²) in [6.07, 6.45) is 1.56. The van der Waals surface area contributed by atoms with Crippen LogP contribution < -0.4 is 4.72 Å². The van der Waals surface area contributed by atoms with Gasteiger partial charge < -0.3 is 14.7 Å². The molecule has 2 aliphatic heterocycles. The van der Waals surface area contributed by atoms with E-state index in [2.05, 4.69) is 4.72 Å². The molecule has 2 saturated heterocycles. The van der Waals surface area contributed by atoms with Gasteiger partial charge in [-0.05, 0) is 61.2 Å². The van der Waals surface area contributed by atoms with Crippen LogP contribution in [0.5, 0.6) is 0 Å². The van der Waals surface area contributed by atoms with Gasteiger partial charge in [-0.1, -0.05) is 23.7 Å². The van der Waals surface area contributed by atoms with Crippen molar-refractivity contribution < 1.29 is 22.8 Å². The molecule has 0 spiro atoms. The Bertz CT molecular complexity index is 1280. The number of hydrogen-bond acceptors (Lipinski definition) is 5. The molecule has 1 unspecified atom stereocenters. The number of likely N-dealkylation sites (tertiary alicyclic amines) is 2. The molecule has 2 aromatic carbocycles. The second-order valence-corrected chi connectivity index (χ2v) is 11.4. The summed E-state index contributed by atoms with van der Waals surface area (Å²) in [4.78, 5) is 43.2. The number of benzene rings is 2. The highest BCUT2D eigenvalue weighted by Crippen LogP contribution is 2.25. The summed E-state index contributed by atoms with van der Waals surface area (Å²) in [5, 5.41) is 2.07. The van der Waals surface area contributed by atoms with Gasteiger partial charge in [-0.15, -0.1) is 0 Å². The molecule has 2 fully saturated rings. The number of sulfonamides is 1. The minimum Gasteiger partial charge on any atom is -0.347 e. The monoisotopic (exact) mass is 520 g/mol. The fourth-order valence-corrected chi connectivity index (χ4v) is 6.21. The van der Waals surface area contributed by atoms with Crippen molar-refractivity contribution in [3.8, 4) is 0 Å². The Morgan fingerprint density at radius 2 is 1.77 bits per heavy atom. The number of halogens is 1. The lowest BCUT2D eigenvalue weighted by Gasteiger charge is -2.32. The van der Waals surface area contributed by atoms with Crippen LogP contribution in [0, 0.1) is 0 Å². The molecule has 0 aliphatic carbocycles. The van der Waals surface area contributed by atoms with Gasteiger partial charge in [0.15, 0.2) is 0 Å². The van der Waals surface area contributed by atoms with E-state index in [0.29, 0.717) is 23.4 Å². The number of nitrogens with one attached hydrogen (secondary N) is 1. The average molecular weight is 521 g/mol. The second-order valence-electron chi connectivity index (χ2n) is 9.25. The number of nitrogens with zero attached hydrogens (tertiary/aromatic N) is 3. The molecule has 188 valence electrons. The van der Waals surface area contributed by atoms with Gasteiger partial charge in [0, 0.05) is 32.2 Å². The molecule has 1 N–H and O–H groups in total. The van der Waals surface area contributed by atoms with Crippen LogP contribution in [0.3, 0.4) is 0 Å². The minimum absolute atomic E-state index is 0.0461. The Balaban J connectivity index is 1.46. The van der Waals surface area contributed by atoms with Crippen LogP contribution in [0.1, 0.15) is 26.2 Å². The topological polar surface area (TPSA) is 107 Å². The van der Waals surface area contributed by atoms with E-state index in [4.69, 9.17) is 11.6 Å². The molecule has 0 bridgehead atoms. The highest BCUT2D eigenvalue weighted by atomic mass is 35.5. The molecule has 2 aliphatic rings. The van der Waals surface area contributed by atoms with Crippen molar-refractivity contribution in [1.82, 2.24) is 19.4 Å². The fourth-order valence-electron chi connectivity index (χ4n) is 4.77. The van der Waals surface area contributed by atoms with Gasteiger partial charge in [-0.25, -0.2) is 8.42 Å². The first-order valence-corrected chi connectivity index (χ1v) is 13.4. The molecule has 4 rings (SSSR count). The Labute approximate surface area is 210 Å². The maximum absolute atomic E-state index is 13.2. The van der Waals surface area contributed by atoms with E-state index in [1.54, 1.807) is 50.2 Å². The number of carbonyl (C=O) groups is 3. The third-order valence-electron chi connectivity index (χ3n) is 6.71. The van der Waals surface area contributed by atoms with Crippen molar-refractivity contribution in [2.75, 3.05) is 27.2 Å². The number of carbonyl (C=O) groups excluding carboxylic acids is 3. The summed E-state index contributed by atoms with van der Waals surface area (Å²) in [5.41, 5.74) is 0. The van der Waals surface area contributed by atoms with Gasteiger partial charge in [0.1, 0.15) is 18.1 Å². The Kier molecular flexibility index (Phi) is 7.08. The summed E-state index contributed by atoms with van der Waals surface area (Å²) in [5.74, 6) is -0.886. The van der Waals surface area contributed by atoms with Crippen LogP contribution in [0.4, 0.5) is 0 Å². The molecule has 2 aromatic rings. The van der Waals surface area contributed by atoms with Crippen LogP contribution in [-0.4, -0.2) is 86.1 Å². The lowest BCUT2D eigenvalue weighted by molar-refractivity contribution is -0.148. The van der Waals surface area contributed by atoms with E-state index in [9.17, 15) is 22.8 Å². The van der Waals surface area contributed by atoms with Crippen LogP contribution in [0.15, 0.2) is 41.3 Å². The number of likely N-dealkylation sites (N-methyl/N-ethyl adjacent to an activating group) is 1. The molecule has 35 heavy (non-hydrogen) atoms. The molecule has 0 radical (unpaired) electrons. The van der Waals surface area contributed by atoms with Crippen molar-refractivity contribution in [1.29, 1.82) is 0 Å². The van der Waals surface area contributed by atoms with Crippen molar-refractivity contribution in [2.24, 2.45) is 0 Å². The fraction of sp³-hybridized carbons (Fsp3) is 0.458. The third-order valence-corrected chi connectivity index (χ3v) is 8.41. The highest BCUT2D eigenvalue weighted by Gasteiger charge is 2.43. The molecule has 3 amide bonds. The summed E-state index contributed by atoms with van der Waals surface area (Å²) in [7, 11) is -0.667. The van der Waals surface area contributed by atoms with Crippen LogP contribution in [0.2, 0.25) is 5.02 Å². The van der Waals surface area contributed by atoms with Crippen LogP contribution in [-0.2, 0) is 24.4 Å². The Morgan fingerprint density at radius 3 is 2.49 bits per heavy atom. The first-order valence-electron chi connectivity index (χ1n) is 11.5. The highest BCUT2D eigenvalue weighted by molar-refractivity contribution is 7.89. The lowest BCUT2D eigenvalue weighted by atomic mass is 10.1. The molecule has 0 saturated carbocycles. The second kappa shape index (κ2) is 9.75. The van der Waals surface area contributed by atoms with Crippen LogP contribution >= 0.6 is 11.6 Å². The van der Waals surface area contributed by atoms with Gasteiger partial charge in [0.25, 0.3) is 0 Å². The van der Waals surface area contributed by atoms with Crippen LogP contribution in [0.25, 0.3) is 10.8 Å². The van der Waals surface area contributed by atoms with Gasteiger partial charge in [0.05, 0.1) is 4.90 Å². The van der Waals surface area contributed by atoms with Gasteiger partial charge in [-0.3, -0.25) is 14.4 Å². The molecule has 9 nitrogen and oxygen atoms in total. The van der Waals surface area contributed by atoms with Crippen molar-refractivity contribution in [3.63, 3.8) is 0 Å². The lowest BCUT2D eigenvalue weighted by Crippen LogP contribution is -2.53. The van der Waals surface area contributed by atoms with Crippen molar-refractivity contribution >= 4 is 50.1 Å². The first kappa shape index (κ1) is 25.4. The number of fused-ring (bicyclic) bond motifs is 1. The first-order chi connectivity index (χ1) is 16.5. The van der Waals surface area contributed by atoms with E-state index < -0.39 is 34.1 Å². The summed E-state index contributed by atoms with van der Waals surface area (Å²) in [6, 6.07) is 7.55. The average Bonchev–Trinajstić information content (AvgIpc) is 3.44. The molecular formula is C24H29ClN4O5S. The summed E-state index contributed by atoms with van der Waals surface area (Å²) in [6.45, 7) is 2.33. The molecule has 11 heteroatoms. The van der Waals surface area contributed by atoms with Gasteiger partial charge in [0.2, 0.25) is 27.7 Å². The summed E-state index contributed by atoms with van der Waals surface area (Å²) >= 11 is 6.00. The quantitative estimate of drug-likeness (QED) is 0.625. The standard InChI is InChI=1S/C24H29ClN4O5S/c1-15(22(30)29-11-4-5-21(29)24(32)27(2)3)28-12-10-20(23(28)31)26-35(33,34)19-9-7-16-13-18(25)8-6-17(16)14-19/h6-9,13-15,20-21,26H,4-5,10-12H2,1-3H3/t15-,20-,21?/m0/s1. The maximum Gasteiger partial charge on any atom is 0.245 e. The molecular weight excluding hydrogens is 492 g/mol. The maximum atomic E-state index is 13.2. The van der Waals surface area contributed by atoms with Crippen molar-refractivity contribution in [2.45, 2.75) is 49.2 Å². The normalized spacial score (nSPS) is 21.5. The molecule has 0 aromatic heterocycles. The minimum atomic E-state index is -3.97. The largest absolute Gasteiger partial charge is 0.347 e. The third kappa shape index (κ3) is 5.00. The molecule has 3 atom stereocenters.